The zero-order valence-corrected chi connectivity index (χ0v) is 8.66. The fourth-order valence-corrected chi connectivity index (χ4v) is 1.50. The summed E-state index contributed by atoms with van der Waals surface area (Å²) in [5.74, 6) is -0.456. The Labute approximate surface area is 84.4 Å². The van der Waals surface area contributed by atoms with E-state index in [0.29, 0.717) is 13.2 Å². The van der Waals surface area contributed by atoms with Gasteiger partial charge in [0.25, 0.3) is 0 Å². The Morgan fingerprint density at radius 2 is 2.21 bits per heavy atom. The number of rotatable bonds is 3. The SMILES string of the molecule is CC(N)(CN1CCCOCC1)C(N)=O. The van der Waals surface area contributed by atoms with Crippen LogP contribution >= 0.6 is 0 Å². The predicted octanol–water partition coefficient (Wildman–Crippen LogP) is -1.09. The van der Waals surface area contributed by atoms with Crippen molar-refractivity contribution in [2.75, 3.05) is 32.8 Å². The van der Waals surface area contributed by atoms with Crippen LogP contribution in [0.4, 0.5) is 0 Å². The van der Waals surface area contributed by atoms with Crippen molar-refractivity contribution >= 4 is 5.91 Å². The first-order valence-corrected chi connectivity index (χ1v) is 4.91. The molecular formula is C9H19N3O2. The minimum Gasteiger partial charge on any atom is -0.380 e. The van der Waals surface area contributed by atoms with Crippen LogP contribution < -0.4 is 11.5 Å². The molecule has 1 saturated heterocycles. The Hall–Kier alpha value is -0.650. The highest BCUT2D eigenvalue weighted by Gasteiger charge is 2.28. The second-order valence-corrected chi connectivity index (χ2v) is 4.02. The third kappa shape index (κ3) is 3.25. The van der Waals surface area contributed by atoms with Gasteiger partial charge in [-0.2, -0.15) is 0 Å². The summed E-state index contributed by atoms with van der Waals surface area (Å²) in [7, 11) is 0. The standard InChI is InChI=1S/C9H19N3O2/c1-9(11,8(10)13)7-12-3-2-5-14-6-4-12/h2-7,11H2,1H3,(H2,10,13). The van der Waals surface area contributed by atoms with Crippen LogP contribution in [0.25, 0.3) is 0 Å². The van der Waals surface area contributed by atoms with Crippen LogP contribution in [-0.2, 0) is 9.53 Å². The van der Waals surface area contributed by atoms with Gasteiger partial charge in [0.15, 0.2) is 0 Å². The highest BCUT2D eigenvalue weighted by atomic mass is 16.5. The van der Waals surface area contributed by atoms with Crippen molar-refractivity contribution in [3.05, 3.63) is 0 Å². The summed E-state index contributed by atoms with van der Waals surface area (Å²) in [4.78, 5) is 13.1. The number of primary amides is 1. The number of hydrogen-bond donors (Lipinski definition) is 2. The molecule has 0 radical (unpaired) electrons. The van der Waals surface area contributed by atoms with E-state index in [-0.39, 0.29) is 0 Å². The summed E-state index contributed by atoms with van der Waals surface area (Å²) in [5, 5.41) is 0. The molecule has 0 aromatic carbocycles. The van der Waals surface area contributed by atoms with Gasteiger partial charge in [0.2, 0.25) is 5.91 Å². The summed E-state index contributed by atoms with van der Waals surface area (Å²) in [5.41, 5.74) is 10.0. The molecule has 1 aliphatic heterocycles. The molecule has 0 aromatic heterocycles. The van der Waals surface area contributed by atoms with Crippen LogP contribution in [0.1, 0.15) is 13.3 Å². The first-order valence-electron chi connectivity index (χ1n) is 4.91. The molecule has 0 aliphatic carbocycles. The Balaban J connectivity index is 2.45. The summed E-state index contributed by atoms with van der Waals surface area (Å²) in [6, 6.07) is 0. The monoisotopic (exact) mass is 201 g/mol. The molecule has 5 nitrogen and oxygen atoms in total. The largest absolute Gasteiger partial charge is 0.380 e. The molecule has 4 N–H and O–H groups in total. The van der Waals surface area contributed by atoms with Crippen LogP contribution in [0, 0.1) is 0 Å². The van der Waals surface area contributed by atoms with Gasteiger partial charge in [0.1, 0.15) is 5.54 Å². The molecule has 0 spiro atoms. The molecule has 1 unspecified atom stereocenters. The van der Waals surface area contributed by atoms with Crippen molar-refractivity contribution in [3.8, 4) is 0 Å². The molecular weight excluding hydrogens is 182 g/mol. The summed E-state index contributed by atoms with van der Waals surface area (Å²) in [6.07, 6.45) is 0.981. The zero-order chi connectivity index (χ0) is 10.6. The topological polar surface area (TPSA) is 81.6 Å². The Morgan fingerprint density at radius 1 is 1.50 bits per heavy atom. The van der Waals surface area contributed by atoms with Gasteiger partial charge >= 0.3 is 0 Å². The van der Waals surface area contributed by atoms with E-state index in [2.05, 4.69) is 4.90 Å². The molecule has 1 fully saturated rings. The number of carbonyl (C=O) groups is 1. The van der Waals surface area contributed by atoms with Crippen LogP contribution in [0.15, 0.2) is 0 Å². The molecule has 0 aromatic rings. The number of nitrogens with zero attached hydrogens (tertiary/aromatic N) is 1. The Bertz CT molecular complexity index is 198. The van der Waals surface area contributed by atoms with E-state index in [1.807, 2.05) is 0 Å². The Morgan fingerprint density at radius 3 is 2.86 bits per heavy atom. The Kier molecular flexibility index (Phi) is 3.86. The van der Waals surface area contributed by atoms with Crippen LogP contribution in [-0.4, -0.2) is 49.2 Å². The second kappa shape index (κ2) is 4.72. The highest BCUT2D eigenvalue weighted by Crippen LogP contribution is 2.05. The summed E-state index contributed by atoms with van der Waals surface area (Å²) in [6.45, 7) is 5.40. The maximum atomic E-state index is 11.0. The summed E-state index contributed by atoms with van der Waals surface area (Å²) >= 11 is 0. The van der Waals surface area contributed by atoms with E-state index >= 15 is 0 Å². The van der Waals surface area contributed by atoms with Gasteiger partial charge in [0, 0.05) is 26.2 Å². The average Bonchev–Trinajstić information content (AvgIpc) is 2.32. The van der Waals surface area contributed by atoms with Gasteiger partial charge < -0.3 is 16.2 Å². The van der Waals surface area contributed by atoms with Gasteiger partial charge in [-0.15, -0.1) is 0 Å². The second-order valence-electron chi connectivity index (χ2n) is 4.02. The number of amides is 1. The third-order valence-corrected chi connectivity index (χ3v) is 2.43. The van der Waals surface area contributed by atoms with Crippen molar-refractivity contribution in [2.24, 2.45) is 11.5 Å². The van der Waals surface area contributed by atoms with Gasteiger partial charge in [-0.1, -0.05) is 0 Å². The number of hydrogen-bond acceptors (Lipinski definition) is 4. The predicted molar refractivity (Wildman–Crippen MR) is 53.7 cm³/mol. The van der Waals surface area contributed by atoms with Crippen molar-refractivity contribution in [1.82, 2.24) is 4.90 Å². The van der Waals surface area contributed by atoms with E-state index < -0.39 is 11.4 Å². The van der Waals surface area contributed by atoms with Crippen molar-refractivity contribution in [2.45, 2.75) is 18.9 Å². The lowest BCUT2D eigenvalue weighted by molar-refractivity contribution is -0.123. The van der Waals surface area contributed by atoms with Gasteiger partial charge in [0.05, 0.1) is 6.61 Å². The van der Waals surface area contributed by atoms with E-state index in [9.17, 15) is 4.79 Å². The first-order chi connectivity index (χ1) is 6.52. The number of ether oxygens (including phenoxy) is 1. The van der Waals surface area contributed by atoms with Gasteiger partial charge in [-0.3, -0.25) is 9.69 Å². The van der Waals surface area contributed by atoms with Crippen LogP contribution in [0.2, 0.25) is 0 Å². The maximum absolute atomic E-state index is 11.0. The van der Waals surface area contributed by atoms with Gasteiger partial charge in [-0.25, -0.2) is 0 Å². The van der Waals surface area contributed by atoms with Crippen molar-refractivity contribution in [1.29, 1.82) is 0 Å². The molecule has 1 atom stereocenters. The lowest BCUT2D eigenvalue weighted by atomic mass is 10.0. The summed E-state index contributed by atoms with van der Waals surface area (Å²) < 4.78 is 5.30. The minimum absolute atomic E-state index is 0.456. The lowest BCUT2D eigenvalue weighted by Crippen LogP contribution is -2.57. The molecule has 1 amide bonds. The average molecular weight is 201 g/mol. The van der Waals surface area contributed by atoms with Crippen LogP contribution in [0.3, 0.4) is 0 Å². The van der Waals surface area contributed by atoms with Gasteiger partial charge in [-0.05, 0) is 13.3 Å². The van der Waals surface area contributed by atoms with E-state index in [1.54, 1.807) is 6.92 Å². The fourth-order valence-electron chi connectivity index (χ4n) is 1.50. The molecule has 14 heavy (non-hydrogen) atoms. The zero-order valence-electron chi connectivity index (χ0n) is 8.66. The number of nitrogens with two attached hydrogens (primary N) is 2. The maximum Gasteiger partial charge on any atom is 0.238 e. The van der Waals surface area contributed by atoms with E-state index in [1.165, 1.54) is 0 Å². The molecule has 1 aliphatic rings. The van der Waals surface area contributed by atoms with Crippen molar-refractivity contribution < 1.29 is 9.53 Å². The quantitative estimate of drug-likeness (QED) is 0.608. The van der Waals surface area contributed by atoms with E-state index in [4.69, 9.17) is 16.2 Å². The molecule has 5 heteroatoms. The molecule has 0 bridgehead atoms. The number of carbonyl (C=O) groups excluding carboxylic acids is 1. The first kappa shape index (κ1) is 11.4. The molecule has 0 saturated carbocycles. The molecule has 82 valence electrons. The fraction of sp³-hybridized carbons (Fsp3) is 0.889. The van der Waals surface area contributed by atoms with Crippen molar-refractivity contribution in [3.63, 3.8) is 0 Å². The molecule has 1 heterocycles. The van der Waals surface area contributed by atoms with Crippen LogP contribution in [0.5, 0.6) is 0 Å². The minimum atomic E-state index is -0.940. The third-order valence-electron chi connectivity index (χ3n) is 2.43. The molecule has 1 rings (SSSR count). The van der Waals surface area contributed by atoms with E-state index in [0.717, 1.165) is 26.1 Å². The smallest absolute Gasteiger partial charge is 0.238 e. The highest BCUT2D eigenvalue weighted by molar-refractivity contribution is 5.84. The lowest BCUT2D eigenvalue weighted by Gasteiger charge is -2.28. The normalized spacial score (nSPS) is 23.9.